The summed E-state index contributed by atoms with van der Waals surface area (Å²) >= 11 is 0. The Morgan fingerprint density at radius 1 is 0.861 bits per heavy atom. The molecule has 1 aliphatic heterocycles. The van der Waals surface area contributed by atoms with Crippen molar-refractivity contribution in [2.45, 2.75) is 57.8 Å². The predicted octanol–water partition coefficient (Wildman–Crippen LogP) is 5.59. The molecule has 3 aromatic rings. The first-order chi connectivity index (χ1) is 17.6. The number of rotatable bonds is 5. The van der Waals surface area contributed by atoms with Crippen LogP contribution in [-0.4, -0.2) is 35.5 Å². The molecule has 6 heteroatoms. The van der Waals surface area contributed by atoms with E-state index in [1.54, 1.807) is 0 Å². The maximum atomic E-state index is 13.4. The monoisotopic (exact) mass is 483 g/mol. The van der Waals surface area contributed by atoms with E-state index >= 15 is 0 Å². The average molecular weight is 484 g/mol. The Kier molecular flexibility index (Phi) is 7.31. The number of carbonyl (C=O) groups is 2. The number of likely N-dealkylation sites (tertiary alicyclic amines) is 1. The van der Waals surface area contributed by atoms with Gasteiger partial charge in [-0.25, -0.2) is 5.43 Å². The number of hydrazone groups is 1. The lowest BCUT2D eigenvalue weighted by Crippen LogP contribution is -2.32. The fourth-order valence-corrected chi connectivity index (χ4v) is 5.37. The zero-order valence-electron chi connectivity index (χ0n) is 20.8. The summed E-state index contributed by atoms with van der Waals surface area (Å²) in [5.74, 6) is 0.543. The van der Waals surface area contributed by atoms with Crippen molar-refractivity contribution >= 4 is 17.5 Å². The molecule has 5 rings (SSSR count). The van der Waals surface area contributed by atoms with Gasteiger partial charge in [-0.3, -0.25) is 9.59 Å². The number of furan rings is 1. The minimum Gasteiger partial charge on any atom is -0.455 e. The van der Waals surface area contributed by atoms with Gasteiger partial charge >= 0.3 is 0 Å². The third kappa shape index (κ3) is 4.99. The molecule has 1 aliphatic carbocycles. The summed E-state index contributed by atoms with van der Waals surface area (Å²) in [6.45, 7) is 3.49. The smallest absolute Gasteiger partial charge is 0.289 e. The van der Waals surface area contributed by atoms with Gasteiger partial charge in [-0.05, 0) is 43.7 Å². The predicted molar refractivity (Wildman–Crippen MR) is 140 cm³/mol. The van der Waals surface area contributed by atoms with Gasteiger partial charge in [0, 0.05) is 30.6 Å². The van der Waals surface area contributed by atoms with Gasteiger partial charge in [0.25, 0.3) is 11.8 Å². The first-order valence-corrected chi connectivity index (χ1v) is 13.0. The van der Waals surface area contributed by atoms with Crippen LogP contribution in [0, 0.1) is 6.92 Å². The lowest BCUT2D eigenvalue weighted by molar-refractivity contribution is -0.121. The number of nitrogens with one attached hydrogen (secondary N) is 1. The van der Waals surface area contributed by atoms with Crippen LogP contribution in [0.2, 0.25) is 0 Å². The summed E-state index contributed by atoms with van der Waals surface area (Å²) in [7, 11) is 0. The molecule has 6 nitrogen and oxygen atoms in total. The lowest BCUT2D eigenvalue weighted by atomic mass is 9.90. The first kappa shape index (κ1) is 24.0. The van der Waals surface area contributed by atoms with Crippen molar-refractivity contribution in [3.05, 3.63) is 94.4 Å². The van der Waals surface area contributed by atoms with E-state index in [0.717, 1.165) is 78.9 Å². The number of benzene rings is 2. The van der Waals surface area contributed by atoms with Crippen molar-refractivity contribution in [2.24, 2.45) is 5.10 Å². The van der Waals surface area contributed by atoms with E-state index in [9.17, 15) is 9.59 Å². The molecule has 1 fully saturated rings. The maximum Gasteiger partial charge on any atom is 0.289 e. The van der Waals surface area contributed by atoms with Gasteiger partial charge < -0.3 is 9.32 Å². The highest BCUT2D eigenvalue weighted by Crippen LogP contribution is 2.31. The minimum atomic E-state index is -0.467. The summed E-state index contributed by atoms with van der Waals surface area (Å²) in [6.07, 6.45) is 6.77. The normalized spacial score (nSPS) is 17.1. The van der Waals surface area contributed by atoms with Crippen molar-refractivity contribution < 1.29 is 14.0 Å². The topological polar surface area (TPSA) is 74.9 Å². The SMILES string of the molecule is Cc1c(C(=O)N2CCCCCC2)oc2c1/C(=N/NC(=O)C(c1ccccc1)c1ccccc1)CCC2. The van der Waals surface area contributed by atoms with Crippen LogP contribution in [0.3, 0.4) is 0 Å². The zero-order valence-corrected chi connectivity index (χ0v) is 20.8. The van der Waals surface area contributed by atoms with Crippen LogP contribution in [0.4, 0.5) is 0 Å². The van der Waals surface area contributed by atoms with Crippen molar-refractivity contribution in [1.29, 1.82) is 0 Å². The number of hydrogen-bond donors (Lipinski definition) is 1. The Hall–Kier alpha value is -3.67. The molecular weight excluding hydrogens is 450 g/mol. The second kappa shape index (κ2) is 10.9. The highest BCUT2D eigenvalue weighted by molar-refractivity contribution is 6.07. The number of hydrogen-bond acceptors (Lipinski definition) is 4. The number of nitrogens with zero attached hydrogens (tertiary/aromatic N) is 2. The third-order valence-electron chi connectivity index (χ3n) is 7.24. The van der Waals surface area contributed by atoms with Gasteiger partial charge in [0.1, 0.15) is 5.76 Å². The lowest BCUT2D eigenvalue weighted by Gasteiger charge is -2.19. The van der Waals surface area contributed by atoms with Crippen LogP contribution in [0.15, 0.2) is 70.2 Å². The van der Waals surface area contributed by atoms with Crippen molar-refractivity contribution in [3.8, 4) is 0 Å². The van der Waals surface area contributed by atoms with Gasteiger partial charge in [-0.1, -0.05) is 73.5 Å². The van der Waals surface area contributed by atoms with Gasteiger partial charge in [0.05, 0.1) is 11.6 Å². The Labute approximate surface area is 212 Å². The molecule has 2 aromatic carbocycles. The number of amides is 2. The largest absolute Gasteiger partial charge is 0.455 e. The first-order valence-electron chi connectivity index (χ1n) is 13.0. The summed E-state index contributed by atoms with van der Waals surface area (Å²) in [5.41, 5.74) is 7.16. The van der Waals surface area contributed by atoms with E-state index in [1.165, 1.54) is 12.8 Å². The Balaban J connectivity index is 1.41. The Morgan fingerprint density at radius 3 is 2.08 bits per heavy atom. The number of aryl methyl sites for hydroxylation is 1. The summed E-state index contributed by atoms with van der Waals surface area (Å²) in [6, 6.07) is 19.5. The molecule has 0 bridgehead atoms. The van der Waals surface area contributed by atoms with E-state index in [4.69, 9.17) is 4.42 Å². The van der Waals surface area contributed by atoms with Crippen molar-refractivity contribution in [1.82, 2.24) is 10.3 Å². The van der Waals surface area contributed by atoms with Crippen LogP contribution in [-0.2, 0) is 11.2 Å². The molecule has 1 saturated heterocycles. The summed E-state index contributed by atoms with van der Waals surface area (Å²) in [5, 5.41) is 4.59. The van der Waals surface area contributed by atoms with Gasteiger partial charge in [-0.15, -0.1) is 0 Å². The van der Waals surface area contributed by atoms with Crippen LogP contribution in [0.25, 0.3) is 0 Å². The van der Waals surface area contributed by atoms with Gasteiger partial charge in [-0.2, -0.15) is 5.10 Å². The average Bonchev–Trinajstić information content (AvgIpc) is 3.07. The molecule has 186 valence electrons. The zero-order chi connectivity index (χ0) is 24.9. The van der Waals surface area contributed by atoms with E-state index in [1.807, 2.05) is 72.5 Å². The van der Waals surface area contributed by atoms with Gasteiger partial charge in [0.15, 0.2) is 5.76 Å². The third-order valence-corrected chi connectivity index (χ3v) is 7.24. The Bertz CT molecular complexity index is 1200. The molecule has 1 N–H and O–H groups in total. The van der Waals surface area contributed by atoms with Crippen LogP contribution in [0.1, 0.15) is 83.0 Å². The van der Waals surface area contributed by atoms with Crippen LogP contribution >= 0.6 is 0 Å². The second-order valence-electron chi connectivity index (χ2n) is 9.70. The molecule has 1 aromatic heterocycles. The van der Waals surface area contributed by atoms with Crippen molar-refractivity contribution in [2.75, 3.05) is 13.1 Å². The highest BCUT2D eigenvalue weighted by atomic mass is 16.4. The van der Waals surface area contributed by atoms with Crippen LogP contribution in [0.5, 0.6) is 0 Å². The molecular formula is C30H33N3O3. The summed E-state index contributed by atoms with van der Waals surface area (Å²) < 4.78 is 6.13. The minimum absolute atomic E-state index is 0.0274. The molecule has 0 atom stereocenters. The fraction of sp³-hybridized carbons (Fsp3) is 0.367. The molecule has 0 radical (unpaired) electrons. The summed E-state index contributed by atoms with van der Waals surface area (Å²) in [4.78, 5) is 28.6. The Morgan fingerprint density at radius 2 is 1.47 bits per heavy atom. The van der Waals surface area contributed by atoms with Crippen molar-refractivity contribution in [3.63, 3.8) is 0 Å². The molecule has 2 aliphatic rings. The number of carbonyl (C=O) groups excluding carboxylic acids is 2. The van der Waals surface area contributed by atoms with E-state index in [-0.39, 0.29) is 11.8 Å². The van der Waals surface area contributed by atoms with E-state index in [0.29, 0.717) is 5.76 Å². The fourth-order valence-electron chi connectivity index (χ4n) is 5.37. The second-order valence-corrected chi connectivity index (χ2v) is 9.70. The molecule has 0 spiro atoms. The molecule has 0 saturated carbocycles. The maximum absolute atomic E-state index is 13.4. The molecule has 2 amide bonds. The molecule has 36 heavy (non-hydrogen) atoms. The number of fused-ring (bicyclic) bond motifs is 1. The standard InChI is InChI=1S/C30H33N3O3/c1-21-26-24(17-12-18-25(26)36-28(21)30(35)33-19-10-2-3-11-20-33)31-32-29(34)27(22-13-6-4-7-14-22)23-15-8-5-9-16-23/h4-9,13-16,27H,2-3,10-12,17-20H2,1H3,(H,32,34)/b31-24+. The quantitative estimate of drug-likeness (QED) is 0.481. The highest BCUT2D eigenvalue weighted by Gasteiger charge is 2.31. The van der Waals surface area contributed by atoms with Gasteiger partial charge in [0.2, 0.25) is 0 Å². The molecule has 0 unspecified atom stereocenters. The van der Waals surface area contributed by atoms with E-state index in [2.05, 4.69) is 10.5 Å². The molecule has 2 heterocycles. The van der Waals surface area contributed by atoms with E-state index < -0.39 is 5.92 Å². The van der Waals surface area contributed by atoms with Crippen LogP contribution < -0.4 is 5.43 Å².